The first-order chi connectivity index (χ1) is 11.2. The minimum atomic E-state index is -0.263. The summed E-state index contributed by atoms with van der Waals surface area (Å²) in [7, 11) is 0. The summed E-state index contributed by atoms with van der Waals surface area (Å²) >= 11 is 6.17. The smallest absolute Gasteiger partial charge is 0.129 e. The third kappa shape index (κ3) is 3.41. The minimum absolute atomic E-state index is 0.263. The molecule has 0 aliphatic heterocycles. The average molecular weight is 331 g/mol. The Bertz CT molecular complexity index is 790. The van der Waals surface area contributed by atoms with Gasteiger partial charge >= 0.3 is 0 Å². The third-order valence-corrected chi connectivity index (χ3v) is 4.36. The summed E-state index contributed by atoms with van der Waals surface area (Å²) in [6.07, 6.45) is 3.19. The summed E-state index contributed by atoms with van der Waals surface area (Å²) in [6, 6.07) is 13.0. The van der Waals surface area contributed by atoms with Crippen LogP contribution >= 0.6 is 11.6 Å². The van der Waals surface area contributed by atoms with Gasteiger partial charge in [0.2, 0.25) is 0 Å². The van der Waals surface area contributed by atoms with Crippen molar-refractivity contribution in [2.24, 2.45) is 0 Å². The van der Waals surface area contributed by atoms with Crippen LogP contribution in [0.3, 0.4) is 0 Å². The summed E-state index contributed by atoms with van der Waals surface area (Å²) in [6.45, 7) is 4.38. The van der Waals surface area contributed by atoms with Gasteiger partial charge in [-0.1, -0.05) is 42.8 Å². The van der Waals surface area contributed by atoms with Gasteiger partial charge in [-0.25, -0.2) is 4.39 Å². The van der Waals surface area contributed by atoms with Crippen molar-refractivity contribution in [2.45, 2.75) is 26.4 Å². The van der Waals surface area contributed by atoms with Gasteiger partial charge in [0.1, 0.15) is 5.82 Å². The predicted molar refractivity (Wildman–Crippen MR) is 94.4 cm³/mol. The highest BCUT2D eigenvalue weighted by Crippen LogP contribution is 2.25. The Morgan fingerprint density at radius 2 is 1.96 bits per heavy atom. The first kappa shape index (κ1) is 16.0. The van der Waals surface area contributed by atoms with Gasteiger partial charge in [0.05, 0.1) is 6.54 Å². The van der Waals surface area contributed by atoms with E-state index < -0.39 is 0 Å². The molecule has 2 aromatic carbocycles. The molecule has 2 nitrogen and oxygen atoms in total. The molecular weight excluding hydrogens is 311 g/mol. The van der Waals surface area contributed by atoms with Crippen LogP contribution in [0.5, 0.6) is 0 Å². The van der Waals surface area contributed by atoms with Crippen LogP contribution in [0.2, 0.25) is 5.02 Å². The number of para-hydroxylation sites is 1. The molecule has 0 atom stereocenters. The van der Waals surface area contributed by atoms with Gasteiger partial charge in [-0.2, -0.15) is 0 Å². The zero-order chi connectivity index (χ0) is 16.2. The van der Waals surface area contributed by atoms with Gasteiger partial charge in [0.25, 0.3) is 0 Å². The van der Waals surface area contributed by atoms with E-state index in [0.29, 0.717) is 17.1 Å². The molecule has 0 unspecified atom stereocenters. The molecule has 1 N–H and O–H groups in total. The van der Waals surface area contributed by atoms with Crippen LogP contribution in [0.25, 0.3) is 10.9 Å². The van der Waals surface area contributed by atoms with Gasteiger partial charge in [0.15, 0.2) is 0 Å². The van der Waals surface area contributed by atoms with Crippen LogP contribution in [0.4, 0.5) is 4.39 Å². The molecule has 23 heavy (non-hydrogen) atoms. The normalized spacial score (nSPS) is 11.3. The molecule has 0 aliphatic rings. The molecule has 0 spiro atoms. The lowest BCUT2D eigenvalue weighted by molar-refractivity contribution is 0.601. The number of nitrogens with one attached hydrogen (secondary N) is 1. The highest BCUT2D eigenvalue weighted by atomic mass is 35.5. The number of aromatic nitrogens is 1. The molecule has 0 bridgehead atoms. The molecule has 0 saturated heterocycles. The quantitative estimate of drug-likeness (QED) is 0.631. The molecule has 0 aliphatic carbocycles. The van der Waals surface area contributed by atoms with Gasteiger partial charge in [0, 0.05) is 34.2 Å². The number of benzene rings is 2. The van der Waals surface area contributed by atoms with Crippen molar-refractivity contribution in [3.8, 4) is 0 Å². The van der Waals surface area contributed by atoms with E-state index in [1.807, 2.05) is 12.1 Å². The van der Waals surface area contributed by atoms with E-state index in [0.717, 1.165) is 25.0 Å². The van der Waals surface area contributed by atoms with E-state index >= 15 is 0 Å². The van der Waals surface area contributed by atoms with Crippen LogP contribution in [-0.4, -0.2) is 11.1 Å². The average Bonchev–Trinajstić information content (AvgIpc) is 2.90. The minimum Gasteiger partial charge on any atom is -0.343 e. The molecule has 0 amide bonds. The molecule has 0 fully saturated rings. The van der Waals surface area contributed by atoms with Crippen LogP contribution in [0, 0.1) is 5.82 Å². The second-order valence-corrected chi connectivity index (χ2v) is 6.08. The van der Waals surface area contributed by atoms with Crippen molar-refractivity contribution in [2.75, 3.05) is 6.54 Å². The maximum Gasteiger partial charge on any atom is 0.129 e. The van der Waals surface area contributed by atoms with Crippen LogP contribution in [0.15, 0.2) is 48.7 Å². The van der Waals surface area contributed by atoms with Gasteiger partial charge in [-0.3, -0.25) is 0 Å². The second kappa shape index (κ2) is 7.16. The summed E-state index contributed by atoms with van der Waals surface area (Å²) in [5.41, 5.74) is 2.85. The van der Waals surface area contributed by atoms with Crippen molar-refractivity contribution in [3.63, 3.8) is 0 Å². The van der Waals surface area contributed by atoms with Crippen molar-refractivity contribution < 1.29 is 4.39 Å². The number of rotatable bonds is 6. The Balaban J connectivity index is 1.97. The SMILES string of the molecule is CCCNCc1cn(Cc2c(F)cccc2Cl)c2ccccc12. The lowest BCUT2D eigenvalue weighted by atomic mass is 10.2. The fourth-order valence-corrected chi connectivity index (χ4v) is 3.07. The molecule has 1 aromatic heterocycles. The molecule has 3 rings (SSSR count). The third-order valence-electron chi connectivity index (χ3n) is 4.00. The Morgan fingerprint density at radius 3 is 2.74 bits per heavy atom. The standard InChI is InChI=1S/C19H20ClFN2/c1-2-10-22-11-14-12-23(19-9-4-3-6-15(14)19)13-16-17(20)7-5-8-18(16)21/h3-9,12,22H,2,10-11,13H2,1H3. The summed E-state index contributed by atoms with van der Waals surface area (Å²) in [5.74, 6) is -0.263. The van der Waals surface area contributed by atoms with E-state index in [9.17, 15) is 4.39 Å². The number of fused-ring (bicyclic) bond motifs is 1. The van der Waals surface area contributed by atoms with Crippen molar-refractivity contribution >= 4 is 22.5 Å². The largest absolute Gasteiger partial charge is 0.343 e. The Morgan fingerprint density at radius 1 is 1.13 bits per heavy atom. The fraction of sp³-hybridized carbons (Fsp3) is 0.263. The zero-order valence-electron chi connectivity index (χ0n) is 13.2. The van der Waals surface area contributed by atoms with Gasteiger partial charge in [-0.15, -0.1) is 0 Å². The number of nitrogens with zero attached hydrogens (tertiary/aromatic N) is 1. The molecule has 120 valence electrons. The van der Waals surface area contributed by atoms with Crippen molar-refractivity contribution in [1.29, 1.82) is 0 Å². The van der Waals surface area contributed by atoms with E-state index in [1.54, 1.807) is 12.1 Å². The molecule has 4 heteroatoms. The van der Waals surface area contributed by atoms with Crippen molar-refractivity contribution in [1.82, 2.24) is 9.88 Å². The Kier molecular flexibility index (Phi) is 4.99. The van der Waals surface area contributed by atoms with Crippen LogP contribution in [0.1, 0.15) is 24.5 Å². The van der Waals surface area contributed by atoms with Gasteiger partial charge in [-0.05, 0) is 36.7 Å². The molecule has 3 aromatic rings. The van der Waals surface area contributed by atoms with Crippen LogP contribution in [-0.2, 0) is 13.1 Å². The molecular formula is C19H20ClFN2. The van der Waals surface area contributed by atoms with E-state index in [-0.39, 0.29) is 5.82 Å². The number of hydrogen-bond acceptors (Lipinski definition) is 1. The summed E-state index contributed by atoms with van der Waals surface area (Å²) < 4.78 is 16.2. The van der Waals surface area contributed by atoms with Gasteiger partial charge < -0.3 is 9.88 Å². The first-order valence-corrected chi connectivity index (χ1v) is 8.29. The lowest BCUT2D eigenvalue weighted by Crippen LogP contribution is -2.13. The maximum atomic E-state index is 14.1. The second-order valence-electron chi connectivity index (χ2n) is 5.68. The topological polar surface area (TPSA) is 17.0 Å². The summed E-state index contributed by atoms with van der Waals surface area (Å²) in [5, 5.41) is 5.09. The highest BCUT2D eigenvalue weighted by molar-refractivity contribution is 6.31. The Hall–Kier alpha value is -1.84. The summed E-state index contributed by atoms with van der Waals surface area (Å²) in [4.78, 5) is 0. The fourth-order valence-electron chi connectivity index (χ4n) is 2.85. The number of halogens is 2. The molecule has 0 saturated carbocycles. The zero-order valence-corrected chi connectivity index (χ0v) is 13.9. The predicted octanol–water partition coefficient (Wildman–Crippen LogP) is 4.98. The first-order valence-electron chi connectivity index (χ1n) is 7.91. The monoisotopic (exact) mass is 330 g/mol. The highest BCUT2D eigenvalue weighted by Gasteiger charge is 2.12. The number of hydrogen-bond donors (Lipinski definition) is 1. The maximum absolute atomic E-state index is 14.1. The van der Waals surface area contributed by atoms with E-state index in [4.69, 9.17) is 11.6 Å². The molecule has 1 heterocycles. The Labute approximate surface area is 140 Å². The van der Waals surface area contributed by atoms with E-state index in [2.05, 4.69) is 35.1 Å². The van der Waals surface area contributed by atoms with Crippen molar-refractivity contribution in [3.05, 3.63) is 70.6 Å². The molecule has 0 radical (unpaired) electrons. The lowest BCUT2D eigenvalue weighted by Gasteiger charge is -2.08. The van der Waals surface area contributed by atoms with E-state index in [1.165, 1.54) is 17.0 Å². The van der Waals surface area contributed by atoms with Crippen LogP contribution < -0.4 is 5.32 Å².